The van der Waals surface area contributed by atoms with Crippen LogP contribution in [0.2, 0.25) is 5.02 Å². The molecule has 22 heavy (non-hydrogen) atoms. The molecular weight excluding hydrogens is 317 g/mol. The number of halogens is 4. The molecule has 116 valence electrons. The minimum Gasteiger partial charge on any atom is -0.384 e. The van der Waals surface area contributed by atoms with Crippen molar-refractivity contribution in [3.05, 3.63) is 58.9 Å². The van der Waals surface area contributed by atoms with Crippen molar-refractivity contribution in [1.29, 1.82) is 0 Å². The fraction of sp³-hybridized carbons (Fsp3) is 0.133. The molecule has 0 atom stereocenters. The Hall–Kier alpha value is -2.21. The Labute approximate surface area is 130 Å². The molecule has 1 amide bonds. The summed E-state index contributed by atoms with van der Waals surface area (Å²) in [5, 5.41) is 4.99. The van der Waals surface area contributed by atoms with Crippen LogP contribution in [0.4, 0.5) is 24.5 Å². The van der Waals surface area contributed by atoms with Crippen molar-refractivity contribution >= 4 is 28.9 Å². The van der Waals surface area contributed by atoms with E-state index in [9.17, 15) is 18.0 Å². The maximum Gasteiger partial charge on any atom is 0.226 e. The molecule has 0 bridgehead atoms. The van der Waals surface area contributed by atoms with E-state index in [-0.39, 0.29) is 18.0 Å². The molecule has 0 saturated heterocycles. The second kappa shape index (κ2) is 7.17. The van der Waals surface area contributed by atoms with Gasteiger partial charge in [-0.2, -0.15) is 0 Å². The number of nitrogens with one attached hydrogen (secondary N) is 2. The van der Waals surface area contributed by atoms with E-state index in [4.69, 9.17) is 11.6 Å². The normalized spacial score (nSPS) is 10.4. The minimum absolute atomic E-state index is 0.0250. The van der Waals surface area contributed by atoms with Gasteiger partial charge in [0, 0.05) is 18.7 Å². The number of rotatable bonds is 5. The van der Waals surface area contributed by atoms with Crippen LogP contribution in [0.5, 0.6) is 0 Å². The number of amides is 1. The van der Waals surface area contributed by atoms with Crippen molar-refractivity contribution in [3.8, 4) is 0 Å². The summed E-state index contributed by atoms with van der Waals surface area (Å²) in [5.41, 5.74) is 0.0635. The van der Waals surface area contributed by atoms with Crippen LogP contribution in [-0.2, 0) is 4.79 Å². The van der Waals surface area contributed by atoms with Crippen molar-refractivity contribution in [2.45, 2.75) is 6.42 Å². The van der Waals surface area contributed by atoms with Crippen LogP contribution in [0.1, 0.15) is 6.42 Å². The van der Waals surface area contributed by atoms with Gasteiger partial charge >= 0.3 is 0 Å². The molecule has 0 spiro atoms. The number of anilines is 2. The first kappa shape index (κ1) is 16.2. The molecule has 0 aromatic heterocycles. The molecular formula is C15H12ClF3N2O. The third-order valence-electron chi connectivity index (χ3n) is 2.83. The monoisotopic (exact) mass is 328 g/mol. The number of hydrogen-bond acceptors (Lipinski definition) is 2. The second-order valence-electron chi connectivity index (χ2n) is 4.45. The van der Waals surface area contributed by atoms with Gasteiger partial charge in [-0.25, -0.2) is 13.2 Å². The smallest absolute Gasteiger partial charge is 0.226 e. The van der Waals surface area contributed by atoms with Gasteiger partial charge in [0.1, 0.15) is 23.1 Å². The average molecular weight is 329 g/mol. The van der Waals surface area contributed by atoms with E-state index in [2.05, 4.69) is 10.6 Å². The molecule has 0 radical (unpaired) electrons. The van der Waals surface area contributed by atoms with Gasteiger partial charge in [0.25, 0.3) is 0 Å². The van der Waals surface area contributed by atoms with Crippen molar-refractivity contribution in [2.75, 3.05) is 17.2 Å². The highest BCUT2D eigenvalue weighted by Crippen LogP contribution is 2.20. The zero-order valence-electron chi connectivity index (χ0n) is 11.3. The SMILES string of the molecule is O=C(CCNc1ccc(F)c(Cl)c1)Nc1c(F)cccc1F. The van der Waals surface area contributed by atoms with E-state index in [1.54, 1.807) is 0 Å². The maximum atomic E-state index is 13.4. The standard InChI is InChI=1S/C15H12ClF3N2O/c16-10-8-9(4-5-11(10)17)20-7-6-14(22)21-15-12(18)2-1-3-13(15)19/h1-5,8,20H,6-7H2,(H,21,22). The van der Waals surface area contributed by atoms with E-state index in [1.807, 2.05) is 0 Å². The summed E-state index contributed by atoms with van der Waals surface area (Å²) < 4.78 is 39.7. The van der Waals surface area contributed by atoms with Gasteiger partial charge in [-0.3, -0.25) is 4.79 Å². The van der Waals surface area contributed by atoms with Gasteiger partial charge < -0.3 is 10.6 Å². The number of carbonyl (C=O) groups is 1. The Morgan fingerprint density at radius 1 is 1.05 bits per heavy atom. The third kappa shape index (κ3) is 4.14. The van der Waals surface area contributed by atoms with Crippen LogP contribution >= 0.6 is 11.6 Å². The lowest BCUT2D eigenvalue weighted by Crippen LogP contribution is -2.17. The fourth-order valence-corrected chi connectivity index (χ4v) is 1.93. The summed E-state index contributed by atoms with van der Waals surface area (Å²) >= 11 is 5.62. The van der Waals surface area contributed by atoms with Crippen LogP contribution in [0.15, 0.2) is 36.4 Å². The quantitative estimate of drug-likeness (QED) is 0.863. The lowest BCUT2D eigenvalue weighted by molar-refractivity contribution is -0.116. The largest absolute Gasteiger partial charge is 0.384 e. The van der Waals surface area contributed by atoms with Crippen LogP contribution in [0, 0.1) is 17.5 Å². The van der Waals surface area contributed by atoms with Crippen molar-refractivity contribution < 1.29 is 18.0 Å². The molecule has 2 aromatic rings. The van der Waals surface area contributed by atoms with Gasteiger partial charge in [0.15, 0.2) is 0 Å². The summed E-state index contributed by atoms with van der Waals surface area (Å²) in [6.45, 7) is 0.198. The minimum atomic E-state index is -0.841. The predicted molar refractivity (Wildman–Crippen MR) is 79.5 cm³/mol. The van der Waals surface area contributed by atoms with Gasteiger partial charge in [0.2, 0.25) is 5.91 Å². The number of para-hydroxylation sites is 1. The van der Waals surface area contributed by atoms with Gasteiger partial charge in [0.05, 0.1) is 5.02 Å². The van der Waals surface area contributed by atoms with E-state index in [0.717, 1.165) is 12.1 Å². The lowest BCUT2D eigenvalue weighted by Gasteiger charge is -2.09. The Morgan fingerprint density at radius 3 is 2.36 bits per heavy atom. The molecule has 0 aliphatic heterocycles. The second-order valence-corrected chi connectivity index (χ2v) is 4.86. The predicted octanol–water partition coefficient (Wildman–Crippen LogP) is 4.20. The van der Waals surface area contributed by atoms with Crippen molar-refractivity contribution in [2.24, 2.45) is 0 Å². The van der Waals surface area contributed by atoms with E-state index in [1.165, 1.54) is 24.3 Å². The Morgan fingerprint density at radius 2 is 1.73 bits per heavy atom. The summed E-state index contributed by atoms with van der Waals surface area (Å²) in [7, 11) is 0. The molecule has 0 unspecified atom stereocenters. The number of carbonyl (C=O) groups excluding carboxylic acids is 1. The zero-order valence-corrected chi connectivity index (χ0v) is 12.1. The van der Waals surface area contributed by atoms with Crippen molar-refractivity contribution in [3.63, 3.8) is 0 Å². The summed E-state index contributed by atoms with van der Waals surface area (Å²) in [4.78, 5) is 11.7. The molecule has 0 aliphatic rings. The van der Waals surface area contributed by atoms with Crippen LogP contribution in [0.25, 0.3) is 0 Å². The molecule has 2 aromatic carbocycles. The van der Waals surface area contributed by atoms with E-state index < -0.39 is 29.0 Å². The first-order chi connectivity index (χ1) is 10.5. The van der Waals surface area contributed by atoms with Gasteiger partial charge in [-0.15, -0.1) is 0 Å². The Bertz CT molecular complexity index is 674. The Balaban J connectivity index is 1.86. The maximum absolute atomic E-state index is 13.4. The number of hydrogen-bond donors (Lipinski definition) is 2. The van der Waals surface area contributed by atoms with Crippen LogP contribution in [0.3, 0.4) is 0 Å². The third-order valence-corrected chi connectivity index (χ3v) is 3.12. The molecule has 2 N–H and O–H groups in total. The first-order valence-corrected chi connectivity index (χ1v) is 6.78. The van der Waals surface area contributed by atoms with Gasteiger partial charge in [-0.05, 0) is 30.3 Å². The average Bonchev–Trinajstić information content (AvgIpc) is 2.47. The van der Waals surface area contributed by atoms with E-state index >= 15 is 0 Å². The Kier molecular flexibility index (Phi) is 5.27. The lowest BCUT2D eigenvalue weighted by atomic mass is 10.2. The van der Waals surface area contributed by atoms with Crippen LogP contribution in [-0.4, -0.2) is 12.5 Å². The topological polar surface area (TPSA) is 41.1 Å². The molecule has 7 heteroatoms. The molecule has 3 nitrogen and oxygen atoms in total. The van der Waals surface area contributed by atoms with Crippen LogP contribution < -0.4 is 10.6 Å². The number of benzene rings is 2. The highest BCUT2D eigenvalue weighted by molar-refractivity contribution is 6.31. The van der Waals surface area contributed by atoms with Gasteiger partial charge in [-0.1, -0.05) is 17.7 Å². The molecule has 0 aliphatic carbocycles. The fourth-order valence-electron chi connectivity index (χ4n) is 1.75. The summed E-state index contributed by atoms with van der Waals surface area (Å²) in [6, 6.07) is 7.36. The van der Waals surface area contributed by atoms with Crippen molar-refractivity contribution in [1.82, 2.24) is 0 Å². The highest BCUT2D eigenvalue weighted by atomic mass is 35.5. The van der Waals surface area contributed by atoms with E-state index in [0.29, 0.717) is 5.69 Å². The molecule has 2 rings (SSSR count). The highest BCUT2D eigenvalue weighted by Gasteiger charge is 2.11. The summed E-state index contributed by atoms with van der Waals surface area (Å²) in [5.74, 6) is -2.78. The molecule has 0 fully saturated rings. The molecule has 0 heterocycles. The zero-order chi connectivity index (χ0) is 16.1. The molecule has 0 saturated carbocycles. The first-order valence-electron chi connectivity index (χ1n) is 6.40. The summed E-state index contributed by atoms with van der Waals surface area (Å²) in [6.07, 6.45) is -0.0250.